The highest BCUT2D eigenvalue weighted by atomic mass is 79.9. The average Bonchev–Trinajstić information content (AvgIpc) is 2.64. The first-order chi connectivity index (χ1) is 12.5. The third-order valence-electron chi connectivity index (χ3n) is 5.56. The average molecular weight is 422 g/mol. The molecule has 1 heterocycles. The number of benzene rings is 1. The van der Waals surface area contributed by atoms with Gasteiger partial charge in [-0.3, -0.25) is 4.79 Å². The van der Waals surface area contributed by atoms with Gasteiger partial charge < -0.3 is 15.1 Å². The number of urea groups is 1. The van der Waals surface area contributed by atoms with Crippen LogP contribution in [0, 0.1) is 19.8 Å². The number of hydrogen-bond acceptors (Lipinski definition) is 2. The summed E-state index contributed by atoms with van der Waals surface area (Å²) < 4.78 is 1.01. The van der Waals surface area contributed by atoms with Gasteiger partial charge in [0.2, 0.25) is 5.91 Å². The summed E-state index contributed by atoms with van der Waals surface area (Å²) in [6, 6.07) is 3.93. The van der Waals surface area contributed by atoms with Crippen LogP contribution < -0.4 is 5.32 Å². The van der Waals surface area contributed by atoms with E-state index in [4.69, 9.17) is 0 Å². The van der Waals surface area contributed by atoms with Crippen molar-refractivity contribution in [1.29, 1.82) is 0 Å². The van der Waals surface area contributed by atoms with Gasteiger partial charge in [-0.05, 0) is 49.9 Å². The Balaban J connectivity index is 1.54. The number of nitrogens with zero attached hydrogens (tertiary/aromatic N) is 2. The van der Waals surface area contributed by atoms with Crippen LogP contribution in [0.1, 0.15) is 43.2 Å². The van der Waals surface area contributed by atoms with Gasteiger partial charge in [0.25, 0.3) is 0 Å². The molecule has 1 aromatic carbocycles. The van der Waals surface area contributed by atoms with Gasteiger partial charge in [0, 0.05) is 42.3 Å². The zero-order valence-electron chi connectivity index (χ0n) is 15.7. The summed E-state index contributed by atoms with van der Waals surface area (Å²) in [6.07, 6.45) is 5.66. The van der Waals surface area contributed by atoms with Crippen LogP contribution >= 0.6 is 15.9 Å². The van der Waals surface area contributed by atoms with Gasteiger partial charge in [-0.2, -0.15) is 0 Å². The number of carbonyl (C=O) groups is 2. The first kappa shape index (κ1) is 19.2. The topological polar surface area (TPSA) is 52.7 Å². The van der Waals surface area contributed by atoms with Crippen LogP contribution in [-0.4, -0.2) is 47.9 Å². The number of hydrogen-bond donors (Lipinski definition) is 1. The lowest BCUT2D eigenvalue weighted by Crippen LogP contribution is -2.53. The smallest absolute Gasteiger partial charge is 0.321 e. The molecule has 1 aliphatic carbocycles. The normalized spacial score (nSPS) is 18.7. The Morgan fingerprint density at radius 1 is 0.962 bits per heavy atom. The highest BCUT2D eigenvalue weighted by Crippen LogP contribution is 2.27. The molecular weight excluding hydrogens is 394 g/mol. The lowest BCUT2D eigenvalue weighted by Gasteiger charge is -2.37. The number of nitrogens with one attached hydrogen (secondary N) is 1. The van der Waals surface area contributed by atoms with E-state index in [1.165, 1.54) is 19.3 Å². The summed E-state index contributed by atoms with van der Waals surface area (Å²) >= 11 is 3.48. The first-order valence-corrected chi connectivity index (χ1v) is 10.4. The molecule has 0 bridgehead atoms. The number of rotatable bonds is 2. The van der Waals surface area contributed by atoms with Crippen LogP contribution in [0.15, 0.2) is 16.6 Å². The van der Waals surface area contributed by atoms with Crippen LogP contribution in [0.25, 0.3) is 0 Å². The molecule has 1 saturated heterocycles. The molecule has 3 rings (SSSR count). The molecule has 2 aliphatic rings. The van der Waals surface area contributed by atoms with E-state index in [1.54, 1.807) is 0 Å². The number of aryl methyl sites for hydroxylation is 2. The van der Waals surface area contributed by atoms with Crippen molar-refractivity contribution in [2.24, 2.45) is 5.92 Å². The molecular formula is C20H28BrN3O2. The molecule has 0 aromatic heterocycles. The van der Waals surface area contributed by atoms with Gasteiger partial charge in [-0.25, -0.2) is 4.79 Å². The van der Waals surface area contributed by atoms with Gasteiger partial charge >= 0.3 is 6.03 Å². The number of amides is 3. The highest BCUT2D eigenvalue weighted by Gasteiger charge is 2.29. The Morgan fingerprint density at radius 3 is 2.08 bits per heavy atom. The van der Waals surface area contributed by atoms with E-state index in [1.807, 2.05) is 35.8 Å². The molecule has 142 valence electrons. The summed E-state index contributed by atoms with van der Waals surface area (Å²) in [5, 5.41) is 3.05. The molecule has 5 nitrogen and oxygen atoms in total. The van der Waals surface area contributed by atoms with Gasteiger partial charge in [-0.15, -0.1) is 0 Å². The molecule has 1 saturated carbocycles. The van der Waals surface area contributed by atoms with Crippen LogP contribution in [0.4, 0.5) is 10.5 Å². The van der Waals surface area contributed by atoms with E-state index in [0.29, 0.717) is 32.1 Å². The summed E-state index contributed by atoms with van der Waals surface area (Å²) in [7, 11) is 0. The van der Waals surface area contributed by atoms with Crippen LogP contribution in [0.5, 0.6) is 0 Å². The van der Waals surface area contributed by atoms with Crippen LogP contribution in [0.3, 0.4) is 0 Å². The molecule has 0 atom stereocenters. The Labute approximate surface area is 164 Å². The number of anilines is 1. The Bertz CT molecular complexity index is 655. The van der Waals surface area contributed by atoms with E-state index in [2.05, 4.69) is 21.2 Å². The van der Waals surface area contributed by atoms with Crippen LogP contribution in [0.2, 0.25) is 0 Å². The van der Waals surface area contributed by atoms with E-state index >= 15 is 0 Å². The second kappa shape index (κ2) is 8.42. The fourth-order valence-electron chi connectivity index (χ4n) is 4.03. The van der Waals surface area contributed by atoms with Crippen molar-refractivity contribution in [2.45, 2.75) is 46.0 Å². The largest absolute Gasteiger partial charge is 0.339 e. The third-order valence-corrected chi connectivity index (χ3v) is 6.02. The Hall–Kier alpha value is -1.56. The highest BCUT2D eigenvalue weighted by molar-refractivity contribution is 9.10. The lowest BCUT2D eigenvalue weighted by atomic mass is 9.88. The molecule has 26 heavy (non-hydrogen) atoms. The maximum absolute atomic E-state index is 12.6. The maximum Gasteiger partial charge on any atom is 0.321 e. The minimum absolute atomic E-state index is 0.0803. The minimum atomic E-state index is -0.0803. The monoisotopic (exact) mass is 421 g/mol. The number of piperazine rings is 1. The van der Waals surface area contributed by atoms with E-state index < -0.39 is 0 Å². The molecule has 0 spiro atoms. The summed E-state index contributed by atoms with van der Waals surface area (Å²) in [6.45, 7) is 6.46. The van der Waals surface area contributed by atoms with Crippen LogP contribution in [-0.2, 0) is 4.79 Å². The van der Waals surface area contributed by atoms with E-state index in [9.17, 15) is 9.59 Å². The Morgan fingerprint density at radius 2 is 1.50 bits per heavy atom. The molecule has 1 aromatic rings. The number of halogens is 1. The standard InChI is InChI=1S/C20H28BrN3O2/c1-14-12-17(21)13-15(2)18(14)22-20(26)24-10-8-23(9-11-24)19(25)16-6-4-3-5-7-16/h12-13,16H,3-11H2,1-2H3,(H,22,26). The van der Waals surface area contributed by atoms with E-state index in [-0.39, 0.29) is 11.9 Å². The van der Waals surface area contributed by atoms with Gasteiger partial charge in [-0.1, -0.05) is 35.2 Å². The SMILES string of the molecule is Cc1cc(Br)cc(C)c1NC(=O)N1CCN(C(=O)C2CCCCC2)CC1. The van der Waals surface area contributed by atoms with Crippen molar-refractivity contribution in [3.8, 4) is 0 Å². The zero-order valence-corrected chi connectivity index (χ0v) is 17.3. The second-order valence-corrected chi connectivity index (χ2v) is 8.41. The zero-order chi connectivity index (χ0) is 18.7. The van der Waals surface area contributed by atoms with Crippen molar-refractivity contribution in [2.75, 3.05) is 31.5 Å². The molecule has 6 heteroatoms. The minimum Gasteiger partial charge on any atom is -0.339 e. The third kappa shape index (κ3) is 4.40. The second-order valence-electron chi connectivity index (χ2n) is 7.49. The summed E-state index contributed by atoms with van der Waals surface area (Å²) in [5.41, 5.74) is 2.95. The van der Waals surface area contributed by atoms with Gasteiger partial charge in [0.15, 0.2) is 0 Å². The maximum atomic E-state index is 12.6. The molecule has 1 N–H and O–H groups in total. The van der Waals surface area contributed by atoms with Crippen molar-refractivity contribution >= 4 is 33.6 Å². The van der Waals surface area contributed by atoms with Crippen molar-refractivity contribution in [3.63, 3.8) is 0 Å². The molecule has 0 radical (unpaired) electrons. The predicted octanol–water partition coefficient (Wildman–Crippen LogP) is 4.32. The van der Waals surface area contributed by atoms with Gasteiger partial charge in [0.1, 0.15) is 0 Å². The van der Waals surface area contributed by atoms with Gasteiger partial charge in [0.05, 0.1) is 0 Å². The molecule has 0 unspecified atom stereocenters. The van der Waals surface area contributed by atoms with Crippen molar-refractivity contribution in [3.05, 3.63) is 27.7 Å². The predicted molar refractivity (Wildman–Crippen MR) is 107 cm³/mol. The molecule has 3 amide bonds. The molecule has 1 aliphatic heterocycles. The van der Waals surface area contributed by atoms with Crippen molar-refractivity contribution < 1.29 is 9.59 Å². The first-order valence-electron chi connectivity index (χ1n) is 9.57. The molecule has 2 fully saturated rings. The number of carbonyl (C=O) groups excluding carboxylic acids is 2. The summed E-state index contributed by atoms with van der Waals surface area (Å²) in [4.78, 5) is 29.0. The fourth-order valence-corrected chi connectivity index (χ4v) is 4.72. The quantitative estimate of drug-likeness (QED) is 0.772. The Kier molecular flexibility index (Phi) is 6.22. The summed E-state index contributed by atoms with van der Waals surface area (Å²) in [5.74, 6) is 0.501. The van der Waals surface area contributed by atoms with Crippen molar-refractivity contribution in [1.82, 2.24) is 9.80 Å². The fraction of sp³-hybridized carbons (Fsp3) is 0.600. The lowest BCUT2D eigenvalue weighted by molar-refractivity contribution is -0.137. The van der Waals surface area contributed by atoms with E-state index in [0.717, 1.165) is 34.1 Å².